The molecule has 2 fully saturated rings. The zero-order valence-electron chi connectivity index (χ0n) is 28.9. The zero-order valence-corrected chi connectivity index (χ0v) is 28.9. The first kappa shape index (κ1) is 33.7. The van der Waals surface area contributed by atoms with Gasteiger partial charge < -0.3 is 29.6 Å². The van der Waals surface area contributed by atoms with E-state index in [0.717, 1.165) is 59.0 Å². The Bertz CT molecular complexity index is 2060. The van der Waals surface area contributed by atoms with Gasteiger partial charge >= 0.3 is 12.2 Å². The molecule has 0 bridgehead atoms. The third-order valence-corrected chi connectivity index (χ3v) is 10.9. The predicted molar refractivity (Wildman–Crippen MR) is 195 cm³/mol. The molecule has 8 rings (SSSR count). The summed E-state index contributed by atoms with van der Waals surface area (Å²) in [6.07, 6.45) is 3.83. The Balaban J connectivity index is 1.08. The normalized spacial score (nSPS) is 21.0. The van der Waals surface area contributed by atoms with Crippen LogP contribution in [0.2, 0.25) is 0 Å². The van der Waals surface area contributed by atoms with Crippen LogP contribution in [-0.2, 0) is 29.1 Å². The molecule has 4 heterocycles. The molecule has 10 heteroatoms. The van der Waals surface area contributed by atoms with Gasteiger partial charge in [-0.15, -0.1) is 0 Å². The first-order valence-corrected chi connectivity index (χ1v) is 18.2. The number of amides is 2. The Morgan fingerprint density at radius 1 is 0.731 bits per heavy atom. The van der Waals surface area contributed by atoms with Gasteiger partial charge in [0, 0.05) is 53.4 Å². The number of likely N-dealkylation sites (tertiary alicyclic amines) is 2. The van der Waals surface area contributed by atoms with Crippen LogP contribution in [0.4, 0.5) is 24.1 Å². The molecule has 1 aromatic heterocycles. The van der Waals surface area contributed by atoms with E-state index in [9.17, 15) is 18.4 Å². The van der Waals surface area contributed by atoms with Crippen LogP contribution < -0.4 is 5.32 Å². The summed E-state index contributed by atoms with van der Waals surface area (Å²) in [5, 5.41) is 4.50. The van der Waals surface area contributed by atoms with Crippen molar-refractivity contribution in [2.24, 2.45) is 0 Å². The van der Waals surface area contributed by atoms with Crippen LogP contribution in [0, 0.1) is 11.6 Å². The lowest BCUT2D eigenvalue weighted by atomic mass is 9.84. The molecule has 2 N–H and O–H groups in total. The molecule has 52 heavy (non-hydrogen) atoms. The number of hydrogen-bond acceptors (Lipinski definition) is 5. The topological polar surface area (TPSA) is 86.9 Å². The smallest absolute Gasteiger partial charge is 0.410 e. The molecule has 0 radical (unpaired) electrons. The summed E-state index contributed by atoms with van der Waals surface area (Å²) in [6.45, 7) is 1.60. The number of rotatable bonds is 9. The lowest BCUT2D eigenvalue weighted by Gasteiger charge is -2.30. The van der Waals surface area contributed by atoms with Crippen molar-refractivity contribution in [1.29, 1.82) is 0 Å². The maximum atomic E-state index is 14.7. The molecule has 5 aromatic rings. The van der Waals surface area contributed by atoms with Crippen LogP contribution in [0.3, 0.4) is 0 Å². The van der Waals surface area contributed by atoms with Crippen molar-refractivity contribution in [1.82, 2.24) is 14.8 Å². The second-order valence-electron chi connectivity index (χ2n) is 14.2. The number of fused-ring (bicyclic) bond motifs is 2. The fourth-order valence-corrected chi connectivity index (χ4v) is 8.44. The van der Waals surface area contributed by atoms with Gasteiger partial charge in [-0.2, -0.15) is 0 Å². The van der Waals surface area contributed by atoms with Crippen LogP contribution in [0.25, 0.3) is 10.9 Å². The summed E-state index contributed by atoms with van der Waals surface area (Å²) in [4.78, 5) is 34.0. The summed E-state index contributed by atoms with van der Waals surface area (Å²) < 4.78 is 40.8. The molecule has 2 unspecified atom stereocenters. The SMILES string of the molecule is O=C(OCc1ccccc1)N1CCC[C@H]1Cc1c(C2Nc3cc(F)ccc3C2C[C@@H]2CCCN2C(=O)OCc2ccccc2)[nH]c2cc(F)ccc12. The highest BCUT2D eigenvalue weighted by molar-refractivity contribution is 5.86. The Morgan fingerprint density at radius 3 is 2.00 bits per heavy atom. The second-order valence-corrected chi connectivity index (χ2v) is 14.2. The molecule has 0 aliphatic carbocycles. The Labute approximate surface area is 301 Å². The van der Waals surface area contributed by atoms with Crippen molar-refractivity contribution in [2.45, 2.75) is 75.8 Å². The van der Waals surface area contributed by atoms with E-state index in [1.54, 1.807) is 6.07 Å². The molecule has 0 saturated carbocycles. The van der Waals surface area contributed by atoms with Gasteiger partial charge in [-0.3, -0.25) is 0 Å². The first-order chi connectivity index (χ1) is 25.4. The van der Waals surface area contributed by atoms with E-state index < -0.39 is 0 Å². The minimum absolute atomic E-state index is 0.0800. The third kappa shape index (κ3) is 6.94. The van der Waals surface area contributed by atoms with Crippen molar-refractivity contribution in [3.63, 3.8) is 0 Å². The Kier molecular flexibility index (Phi) is 9.54. The molecular weight excluding hydrogens is 662 g/mol. The fourth-order valence-electron chi connectivity index (χ4n) is 8.44. The van der Waals surface area contributed by atoms with Gasteiger partial charge in [0.25, 0.3) is 0 Å². The number of carbonyl (C=O) groups is 2. The predicted octanol–water partition coefficient (Wildman–Crippen LogP) is 9.23. The highest BCUT2D eigenvalue weighted by atomic mass is 19.1. The number of hydrogen-bond donors (Lipinski definition) is 2. The van der Waals surface area contributed by atoms with Crippen molar-refractivity contribution in [2.75, 3.05) is 18.4 Å². The van der Waals surface area contributed by atoms with Crippen molar-refractivity contribution in [3.05, 3.63) is 137 Å². The number of aromatic nitrogens is 1. The maximum absolute atomic E-state index is 14.7. The van der Waals surface area contributed by atoms with Gasteiger partial charge in [0.15, 0.2) is 0 Å². The fraction of sp³-hybridized carbons (Fsp3) is 0.333. The number of anilines is 1. The summed E-state index contributed by atoms with van der Waals surface area (Å²) in [7, 11) is 0. The quantitative estimate of drug-likeness (QED) is 0.160. The number of aromatic amines is 1. The average molecular weight is 705 g/mol. The first-order valence-electron chi connectivity index (χ1n) is 18.2. The lowest BCUT2D eigenvalue weighted by Crippen LogP contribution is -2.38. The maximum Gasteiger partial charge on any atom is 0.410 e. The molecule has 8 nitrogen and oxygen atoms in total. The van der Waals surface area contributed by atoms with E-state index >= 15 is 0 Å². The average Bonchev–Trinajstić information content (AvgIpc) is 3.97. The molecular formula is C42H42F2N4O4. The zero-order chi connectivity index (χ0) is 35.6. The number of ether oxygens (including phenoxy) is 2. The number of benzene rings is 4. The Morgan fingerprint density at radius 2 is 1.33 bits per heavy atom. The summed E-state index contributed by atoms with van der Waals surface area (Å²) in [5.41, 5.74) is 6.05. The van der Waals surface area contributed by atoms with Crippen molar-refractivity contribution < 1.29 is 27.8 Å². The number of carbonyl (C=O) groups excluding carboxylic acids is 2. The van der Waals surface area contributed by atoms with Crippen LogP contribution in [-0.4, -0.2) is 52.1 Å². The number of halogens is 2. The number of nitrogens with zero attached hydrogens (tertiary/aromatic N) is 2. The minimum atomic E-state index is -0.351. The van der Waals surface area contributed by atoms with E-state index in [1.807, 2.05) is 76.5 Å². The number of nitrogens with one attached hydrogen (secondary N) is 2. The lowest BCUT2D eigenvalue weighted by molar-refractivity contribution is 0.0891. The summed E-state index contributed by atoms with van der Waals surface area (Å²) in [5.74, 6) is -0.821. The van der Waals surface area contributed by atoms with Gasteiger partial charge in [-0.05, 0) is 91.1 Å². The van der Waals surface area contributed by atoms with Gasteiger partial charge in [0.05, 0.1) is 6.04 Å². The van der Waals surface area contributed by atoms with Crippen LogP contribution in [0.5, 0.6) is 0 Å². The van der Waals surface area contributed by atoms with Gasteiger partial charge in [0.2, 0.25) is 0 Å². The molecule has 268 valence electrons. The molecule has 4 aromatic carbocycles. The van der Waals surface area contributed by atoms with E-state index in [1.165, 1.54) is 24.3 Å². The molecule has 2 amide bonds. The van der Waals surface area contributed by atoms with Gasteiger partial charge in [-0.25, -0.2) is 18.4 Å². The highest BCUT2D eigenvalue weighted by Gasteiger charge is 2.41. The largest absolute Gasteiger partial charge is 0.445 e. The molecule has 0 spiro atoms. The van der Waals surface area contributed by atoms with E-state index in [-0.39, 0.29) is 61.1 Å². The van der Waals surface area contributed by atoms with E-state index in [0.29, 0.717) is 37.1 Å². The molecule has 2 saturated heterocycles. The Hall–Kier alpha value is -5.38. The van der Waals surface area contributed by atoms with Crippen LogP contribution in [0.1, 0.15) is 72.0 Å². The molecule has 3 aliphatic heterocycles. The second kappa shape index (κ2) is 14.7. The summed E-state index contributed by atoms with van der Waals surface area (Å²) >= 11 is 0. The molecule has 3 aliphatic rings. The third-order valence-electron chi connectivity index (χ3n) is 10.9. The van der Waals surface area contributed by atoms with E-state index in [4.69, 9.17) is 9.47 Å². The standard InChI is InChI=1S/C42H42F2N4O4/c43-29-15-17-33-35(23-31-13-7-19-47(31)41(49)51-25-27-9-3-1-4-10-27)39(45-37(33)21-29)40-36(34-18-16-30(44)22-38(34)46-40)24-32-14-8-20-48(32)42(50)52-26-28-11-5-2-6-12-28/h1-6,9-12,15-18,21-22,31-32,35,39,45-46H,7-8,13-14,19-20,23-26H2/t31-,32-,35?,39?/m0/s1. The van der Waals surface area contributed by atoms with Gasteiger partial charge in [0.1, 0.15) is 24.8 Å². The minimum Gasteiger partial charge on any atom is -0.445 e. The van der Waals surface area contributed by atoms with Crippen molar-refractivity contribution >= 4 is 28.8 Å². The van der Waals surface area contributed by atoms with Crippen LogP contribution in [0.15, 0.2) is 97.1 Å². The van der Waals surface area contributed by atoms with Gasteiger partial charge in [-0.1, -0.05) is 66.7 Å². The highest BCUT2D eigenvalue weighted by Crippen LogP contribution is 2.49. The van der Waals surface area contributed by atoms with Crippen molar-refractivity contribution in [3.8, 4) is 0 Å². The van der Waals surface area contributed by atoms with E-state index in [2.05, 4.69) is 10.3 Å². The summed E-state index contributed by atoms with van der Waals surface area (Å²) in [6, 6.07) is 28.3. The molecule has 4 atom stereocenters. The number of H-pyrrole nitrogens is 1. The monoisotopic (exact) mass is 704 g/mol. The van der Waals surface area contributed by atoms with Crippen LogP contribution >= 0.6 is 0 Å².